The van der Waals surface area contributed by atoms with E-state index in [0.717, 1.165) is 11.2 Å². The van der Waals surface area contributed by atoms with Gasteiger partial charge in [-0.05, 0) is 46.8 Å². The number of tetrazole rings is 1. The molecule has 2 aromatic carbocycles. The largest absolute Gasteiger partial charge is 0.431 e. The van der Waals surface area contributed by atoms with Crippen molar-refractivity contribution in [1.29, 1.82) is 0 Å². The number of benzene rings is 2. The number of para-hydroxylation sites is 2. The Morgan fingerprint density at radius 2 is 2.00 bits per heavy atom. The first-order valence-electron chi connectivity index (χ1n) is 7.39. The molecule has 0 unspecified atom stereocenters. The van der Waals surface area contributed by atoms with Crippen molar-refractivity contribution in [2.24, 2.45) is 0 Å². The van der Waals surface area contributed by atoms with Crippen LogP contribution in [0.2, 0.25) is 0 Å². The molecule has 0 aliphatic heterocycles. The average Bonchev–Trinajstić information content (AvgIpc) is 3.30. The van der Waals surface area contributed by atoms with E-state index in [0.29, 0.717) is 16.5 Å². The van der Waals surface area contributed by atoms with E-state index in [9.17, 15) is 4.79 Å². The second-order valence-electron chi connectivity index (χ2n) is 5.09. The summed E-state index contributed by atoms with van der Waals surface area (Å²) in [5.41, 5.74) is 3.00. The van der Waals surface area contributed by atoms with Crippen LogP contribution in [0, 0.1) is 0 Å². The standard InChI is InChI=1S/C16H12N6O2S/c23-15(9-25-16-19-13-3-1-2-4-14(13)24-16)18-11-5-7-12(8-6-11)22-10-17-20-21-22/h1-8,10H,9H2,(H,18,23). The maximum Gasteiger partial charge on any atom is 0.257 e. The molecule has 0 spiro atoms. The van der Waals surface area contributed by atoms with Crippen molar-refractivity contribution < 1.29 is 9.21 Å². The number of aromatic nitrogens is 5. The van der Waals surface area contributed by atoms with Crippen molar-refractivity contribution in [2.45, 2.75) is 5.22 Å². The minimum absolute atomic E-state index is 0.137. The first-order chi connectivity index (χ1) is 12.3. The van der Waals surface area contributed by atoms with Crippen LogP contribution in [0.3, 0.4) is 0 Å². The van der Waals surface area contributed by atoms with Crippen molar-refractivity contribution in [3.63, 3.8) is 0 Å². The maximum absolute atomic E-state index is 12.1. The Hall–Kier alpha value is -3.20. The van der Waals surface area contributed by atoms with Gasteiger partial charge < -0.3 is 9.73 Å². The summed E-state index contributed by atoms with van der Waals surface area (Å²) in [5, 5.41) is 14.3. The van der Waals surface area contributed by atoms with Gasteiger partial charge in [0, 0.05) is 5.69 Å². The normalized spacial score (nSPS) is 10.9. The molecular formula is C16H12N6O2S. The predicted molar refractivity (Wildman–Crippen MR) is 92.5 cm³/mol. The molecule has 4 rings (SSSR count). The Balaban J connectivity index is 1.35. The van der Waals surface area contributed by atoms with Crippen LogP contribution >= 0.6 is 11.8 Å². The van der Waals surface area contributed by atoms with E-state index in [2.05, 4.69) is 25.8 Å². The van der Waals surface area contributed by atoms with Crippen molar-refractivity contribution in [2.75, 3.05) is 11.1 Å². The van der Waals surface area contributed by atoms with Gasteiger partial charge in [0.1, 0.15) is 11.8 Å². The number of nitrogens with one attached hydrogen (secondary N) is 1. The number of carbonyl (C=O) groups is 1. The third-order valence-electron chi connectivity index (χ3n) is 3.37. The van der Waals surface area contributed by atoms with Gasteiger partial charge in [-0.2, -0.15) is 0 Å². The van der Waals surface area contributed by atoms with Gasteiger partial charge in [-0.25, -0.2) is 9.67 Å². The molecule has 0 saturated heterocycles. The van der Waals surface area contributed by atoms with Gasteiger partial charge in [-0.3, -0.25) is 4.79 Å². The first-order valence-corrected chi connectivity index (χ1v) is 8.38. The summed E-state index contributed by atoms with van der Waals surface area (Å²) in [6.07, 6.45) is 1.50. The van der Waals surface area contributed by atoms with Crippen LogP contribution in [0.1, 0.15) is 0 Å². The molecule has 9 heteroatoms. The monoisotopic (exact) mass is 352 g/mol. The van der Waals surface area contributed by atoms with Crippen LogP contribution in [0.25, 0.3) is 16.8 Å². The SMILES string of the molecule is O=C(CSc1nc2ccccc2o1)Nc1ccc(-n2cnnn2)cc1. The lowest BCUT2D eigenvalue weighted by atomic mass is 10.3. The van der Waals surface area contributed by atoms with E-state index >= 15 is 0 Å². The molecule has 0 saturated carbocycles. The second-order valence-corrected chi connectivity index (χ2v) is 6.01. The van der Waals surface area contributed by atoms with Crippen LogP contribution in [-0.2, 0) is 4.79 Å². The fraction of sp³-hybridized carbons (Fsp3) is 0.0625. The minimum atomic E-state index is -0.137. The summed E-state index contributed by atoms with van der Waals surface area (Å²) >= 11 is 1.25. The summed E-state index contributed by atoms with van der Waals surface area (Å²) in [6, 6.07) is 14.7. The fourth-order valence-corrected chi connectivity index (χ4v) is 2.85. The van der Waals surface area contributed by atoms with E-state index in [-0.39, 0.29) is 11.7 Å². The van der Waals surface area contributed by atoms with Crippen LogP contribution in [0.5, 0.6) is 0 Å². The number of hydrogen-bond acceptors (Lipinski definition) is 7. The number of oxazole rings is 1. The van der Waals surface area contributed by atoms with Crippen LogP contribution in [0.15, 0.2) is 64.5 Å². The van der Waals surface area contributed by atoms with Crippen LogP contribution in [0.4, 0.5) is 5.69 Å². The lowest BCUT2D eigenvalue weighted by Crippen LogP contribution is -2.14. The van der Waals surface area contributed by atoms with Gasteiger partial charge in [0.15, 0.2) is 5.58 Å². The van der Waals surface area contributed by atoms with E-state index in [4.69, 9.17) is 4.42 Å². The fourth-order valence-electron chi connectivity index (χ4n) is 2.21. The van der Waals surface area contributed by atoms with Crippen molar-refractivity contribution in [3.8, 4) is 5.69 Å². The zero-order chi connectivity index (χ0) is 17.1. The summed E-state index contributed by atoms with van der Waals surface area (Å²) < 4.78 is 7.11. The molecule has 1 N–H and O–H groups in total. The molecule has 0 fully saturated rings. The van der Waals surface area contributed by atoms with Gasteiger partial charge in [0.2, 0.25) is 5.91 Å². The van der Waals surface area contributed by atoms with Crippen molar-refractivity contribution >= 4 is 34.5 Å². The number of thioether (sulfide) groups is 1. The number of amides is 1. The second kappa shape index (κ2) is 6.73. The molecule has 0 atom stereocenters. The highest BCUT2D eigenvalue weighted by atomic mass is 32.2. The molecule has 124 valence electrons. The van der Waals surface area contributed by atoms with E-state index in [1.807, 2.05) is 36.4 Å². The van der Waals surface area contributed by atoms with Gasteiger partial charge in [0.25, 0.3) is 5.22 Å². The van der Waals surface area contributed by atoms with Gasteiger partial charge in [0.05, 0.1) is 11.4 Å². The lowest BCUT2D eigenvalue weighted by molar-refractivity contribution is -0.113. The molecule has 4 aromatic rings. The van der Waals surface area contributed by atoms with Gasteiger partial charge in [-0.15, -0.1) is 5.10 Å². The minimum Gasteiger partial charge on any atom is -0.431 e. The number of carbonyl (C=O) groups excluding carboxylic acids is 1. The highest BCUT2D eigenvalue weighted by molar-refractivity contribution is 7.99. The van der Waals surface area contributed by atoms with Gasteiger partial charge >= 0.3 is 0 Å². The number of fused-ring (bicyclic) bond motifs is 1. The zero-order valence-electron chi connectivity index (χ0n) is 12.9. The quantitative estimate of drug-likeness (QED) is 0.551. The zero-order valence-corrected chi connectivity index (χ0v) is 13.7. The number of nitrogens with zero attached hydrogens (tertiary/aromatic N) is 5. The number of hydrogen-bond donors (Lipinski definition) is 1. The summed E-state index contributed by atoms with van der Waals surface area (Å²) in [7, 11) is 0. The Morgan fingerprint density at radius 1 is 1.16 bits per heavy atom. The molecule has 2 heterocycles. The highest BCUT2D eigenvalue weighted by Gasteiger charge is 2.09. The van der Waals surface area contributed by atoms with Gasteiger partial charge in [-0.1, -0.05) is 23.9 Å². The topological polar surface area (TPSA) is 98.7 Å². The molecule has 0 bridgehead atoms. The molecule has 8 nitrogen and oxygen atoms in total. The smallest absolute Gasteiger partial charge is 0.257 e. The maximum atomic E-state index is 12.1. The summed E-state index contributed by atoms with van der Waals surface area (Å²) in [6.45, 7) is 0. The third-order valence-corrected chi connectivity index (χ3v) is 4.19. The van der Waals surface area contributed by atoms with Crippen LogP contribution in [-0.4, -0.2) is 36.9 Å². The average molecular weight is 352 g/mol. The molecule has 2 aromatic heterocycles. The molecular weight excluding hydrogens is 340 g/mol. The molecule has 0 aliphatic carbocycles. The molecule has 0 aliphatic rings. The Morgan fingerprint density at radius 3 is 2.76 bits per heavy atom. The van der Waals surface area contributed by atoms with E-state index < -0.39 is 0 Å². The number of rotatable bonds is 5. The predicted octanol–water partition coefficient (Wildman–Crippen LogP) is 2.53. The number of anilines is 1. The van der Waals surface area contributed by atoms with E-state index in [1.165, 1.54) is 22.8 Å². The van der Waals surface area contributed by atoms with E-state index in [1.54, 1.807) is 12.1 Å². The Labute approximate surface area is 146 Å². The molecule has 25 heavy (non-hydrogen) atoms. The Bertz CT molecular complexity index is 964. The highest BCUT2D eigenvalue weighted by Crippen LogP contribution is 2.23. The van der Waals surface area contributed by atoms with Crippen molar-refractivity contribution in [1.82, 2.24) is 25.2 Å². The Kier molecular flexibility index (Phi) is 4.13. The summed E-state index contributed by atoms with van der Waals surface area (Å²) in [5.74, 6) is 0.0733. The lowest BCUT2D eigenvalue weighted by Gasteiger charge is -2.05. The first kappa shape index (κ1) is 15.3. The van der Waals surface area contributed by atoms with Crippen LogP contribution < -0.4 is 5.32 Å². The molecule has 1 amide bonds. The summed E-state index contributed by atoms with van der Waals surface area (Å²) in [4.78, 5) is 16.4. The van der Waals surface area contributed by atoms with Crippen molar-refractivity contribution in [3.05, 3.63) is 54.9 Å². The third kappa shape index (κ3) is 3.50. The molecule has 0 radical (unpaired) electrons.